The number of rotatable bonds is 10. The van der Waals surface area contributed by atoms with Gasteiger partial charge in [-0.25, -0.2) is 40.8 Å². The zero-order valence-corrected chi connectivity index (χ0v) is 39.1. The molecule has 356 valence electrons. The number of aromatic nitrogens is 10. The molecule has 0 aliphatic carbocycles. The molecule has 10 rings (SSSR count). The summed E-state index contributed by atoms with van der Waals surface area (Å²) < 4.78 is 84.8. The Bertz CT molecular complexity index is 3490. The lowest BCUT2D eigenvalue weighted by atomic mass is 10.1. The fraction of sp³-hybridized carbons (Fsp3) is 0.240. The molecule has 0 radical (unpaired) electrons. The van der Waals surface area contributed by atoms with Crippen LogP contribution in [0.3, 0.4) is 0 Å². The maximum absolute atomic E-state index is 14.2. The molecule has 10 aromatic rings. The lowest BCUT2D eigenvalue weighted by Gasteiger charge is -2.12. The van der Waals surface area contributed by atoms with Crippen LogP contribution < -0.4 is 11.1 Å². The molecule has 8 aromatic heterocycles. The Morgan fingerprint density at radius 2 is 1.07 bits per heavy atom. The molecule has 0 aliphatic heterocycles. The molecule has 12 nitrogen and oxygen atoms in total. The predicted molar refractivity (Wildman–Crippen MR) is 256 cm³/mol. The largest absolute Gasteiger partial charge is 0.370 e. The van der Waals surface area contributed by atoms with E-state index in [1.807, 2.05) is 13.8 Å². The molecule has 19 heteroatoms. The molecule has 0 fully saturated rings. The van der Waals surface area contributed by atoms with E-state index < -0.39 is 34.9 Å². The summed E-state index contributed by atoms with van der Waals surface area (Å²) in [5, 5.41) is 13.6. The van der Waals surface area contributed by atoms with Crippen LogP contribution in [0.4, 0.5) is 32.2 Å². The zero-order valence-electron chi connectivity index (χ0n) is 38.4. The first-order valence-electron chi connectivity index (χ1n) is 22.0. The number of halogens is 7. The quantitative estimate of drug-likeness (QED) is 0.0780. The number of nitrogens with one attached hydrogen (secondary N) is 3. The van der Waals surface area contributed by atoms with Crippen molar-refractivity contribution in [3.63, 3.8) is 0 Å². The van der Waals surface area contributed by atoms with Crippen LogP contribution in [0.1, 0.15) is 73.2 Å². The Hall–Kier alpha value is -7.31. The zero-order chi connectivity index (χ0) is 49.3. The second kappa shape index (κ2) is 20.1. The summed E-state index contributed by atoms with van der Waals surface area (Å²) in [5.41, 5.74) is 15.1. The van der Waals surface area contributed by atoms with Crippen LogP contribution in [-0.4, -0.2) is 62.2 Å². The smallest absolute Gasteiger partial charge is 0.161 e. The monoisotopic (exact) mass is 964 g/mol. The number of anilines is 1. The number of hydrogen-bond donors (Lipinski definition) is 4. The second-order valence-electron chi connectivity index (χ2n) is 17.0. The highest BCUT2D eigenvalue weighted by molar-refractivity contribution is 6.30. The average molecular weight is 965 g/mol. The molecule has 69 heavy (non-hydrogen) atoms. The van der Waals surface area contributed by atoms with Crippen LogP contribution in [0.25, 0.3) is 55.6 Å². The van der Waals surface area contributed by atoms with E-state index in [1.165, 1.54) is 24.3 Å². The van der Waals surface area contributed by atoms with E-state index in [9.17, 15) is 26.3 Å². The fourth-order valence-corrected chi connectivity index (χ4v) is 8.40. The first kappa shape index (κ1) is 48.2. The summed E-state index contributed by atoms with van der Waals surface area (Å²) in [7, 11) is 0. The van der Waals surface area contributed by atoms with Gasteiger partial charge in [-0.15, -0.1) is 0 Å². The lowest BCUT2D eigenvalue weighted by Crippen LogP contribution is -2.10. The summed E-state index contributed by atoms with van der Waals surface area (Å²) >= 11 is 6.22. The van der Waals surface area contributed by atoms with Crippen molar-refractivity contribution in [2.24, 2.45) is 5.73 Å². The predicted octanol–water partition coefficient (Wildman–Crippen LogP) is 11.7. The van der Waals surface area contributed by atoms with Crippen molar-refractivity contribution in [3.05, 3.63) is 159 Å². The third kappa shape index (κ3) is 10.1. The second-order valence-corrected chi connectivity index (χ2v) is 17.4. The third-order valence-corrected chi connectivity index (χ3v) is 11.8. The van der Waals surface area contributed by atoms with Crippen molar-refractivity contribution in [3.8, 4) is 22.5 Å². The minimum atomic E-state index is -0.612. The van der Waals surface area contributed by atoms with Gasteiger partial charge < -0.3 is 21.0 Å². The number of nitrogens with zero attached hydrogens (tertiary/aromatic N) is 8. The van der Waals surface area contributed by atoms with E-state index in [1.54, 1.807) is 46.0 Å². The van der Waals surface area contributed by atoms with Crippen LogP contribution >= 0.6 is 11.6 Å². The van der Waals surface area contributed by atoms with E-state index in [2.05, 4.69) is 68.1 Å². The van der Waals surface area contributed by atoms with Crippen LogP contribution in [0.15, 0.2) is 85.7 Å². The number of benzene rings is 2. The fourth-order valence-electron chi connectivity index (χ4n) is 8.17. The normalized spacial score (nSPS) is 11.5. The first-order chi connectivity index (χ1) is 33.0. The number of H-pyrrole nitrogens is 2. The van der Waals surface area contributed by atoms with Gasteiger partial charge in [-0.3, -0.25) is 9.97 Å². The van der Waals surface area contributed by atoms with Gasteiger partial charge in [0.2, 0.25) is 0 Å². The SMILES string of the molecule is CC(C)c1cnn2c(Cl)cc(-c3cncc(F)c3)nc12.Cc1[nH]c2c(F)cc(F)cc2c1CCN.Cc1[nH]c2c(F)cc(F)cc2c1CCNc1cc(-c2cncc(F)c2)nc2c(C(C)C)cnn12. The Balaban J connectivity index is 0.000000155. The molecular weight excluding hydrogens is 918 g/mol. The van der Waals surface area contributed by atoms with Crippen LogP contribution in [0.5, 0.6) is 0 Å². The summed E-state index contributed by atoms with van der Waals surface area (Å²) in [6, 6.07) is 10.7. The van der Waals surface area contributed by atoms with E-state index in [0.29, 0.717) is 92.5 Å². The third-order valence-electron chi connectivity index (χ3n) is 11.6. The van der Waals surface area contributed by atoms with E-state index >= 15 is 0 Å². The molecule has 5 N–H and O–H groups in total. The maximum Gasteiger partial charge on any atom is 0.161 e. The van der Waals surface area contributed by atoms with Gasteiger partial charge in [-0.2, -0.15) is 14.7 Å². The average Bonchev–Trinajstić information content (AvgIpc) is 4.08. The van der Waals surface area contributed by atoms with Gasteiger partial charge in [0.1, 0.15) is 45.9 Å². The van der Waals surface area contributed by atoms with Crippen molar-refractivity contribution < 1.29 is 26.3 Å². The molecule has 8 heterocycles. The van der Waals surface area contributed by atoms with E-state index in [-0.39, 0.29) is 11.8 Å². The molecular formula is C50H47ClF6N12. The number of hydrogen-bond acceptors (Lipinski definition) is 8. The van der Waals surface area contributed by atoms with Crippen LogP contribution in [0, 0.1) is 48.8 Å². The summed E-state index contributed by atoms with van der Waals surface area (Å²) in [6.07, 6.45) is 10.1. The number of pyridine rings is 2. The minimum absolute atomic E-state index is 0.192. The molecule has 0 spiro atoms. The van der Waals surface area contributed by atoms with Gasteiger partial charge in [-0.05, 0) is 80.5 Å². The van der Waals surface area contributed by atoms with Gasteiger partial charge in [-0.1, -0.05) is 39.3 Å². The summed E-state index contributed by atoms with van der Waals surface area (Å²) in [6.45, 7) is 12.8. The molecule has 0 aliphatic rings. The number of aryl methyl sites for hydroxylation is 2. The van der Waals surface area contributed by atoms with Crippen molar-refractivity contribution in [2.45, 2.75) is 66.2 Å². The Morgan fingerprint density at radius 1 is 0.594 bits per heavy atom. The summed E-state index contributed by atoms with van der Waals surface area (Å²) in [5.74, 6) is -2.05. The molecule has 0 bridgehead atoms. The van der Waals surface area contributed by atoms with Crippen molar-refractivity contribution in [1.82, 2.24) is 49.1 Å². The van der Waals surface area contributed by atoms with E-state index in [0.717, 1.165) is 58.2 Å². The Morgan fingerprint density at radius 3 is 1.57 bits per heavy atom. The Kier molecular flexibility index (Phi) is 14.0. The molecule has 0 saturated heterocycles. The van der Waals surface area contributed by atoms with Crippen LogP contribution in [0.2, 0.25) is 5.15 Å². The molecule has 2 aromatic carbocycles. The number of nitrogens with two attached hydrogens (primary N) is 1. The van der Waals surface area contributed by atoms with Gasteiger partial charge in [0.15, 0.2) is 11.3 Å². The highest BCUT2D eigenvalue weighted by atomic mass is 35.5. The first-order valence-corrected chi connectivity index (χ1v) is 22.4. The van der Waals surface area contributed by atoms with Gasteiger partial charge in [0.25, 0.3) is 0 Å². The lowest BCUT2D eigenvalue weighted by molar-refractivity contribution is 0.590. The molecule has 0 unspecified atom stereocenters. The highest BCUT2D eigenvalue weighted by Gasteiger charge is 2.19. The maximum atomic E-state index is 14.2. The topological polar surface area (TPSA) is 156 Å². The van der Waals surface area contributed by atoms with Crippen LogP contribution in [-0.2, 0) is 12.8 Å². The number of fused-ring (bicyclic) bond motifs is 4. The van der Waals surface area contributed by atoms with Gasteiger partial charge in [0.05, 0.1) is 47.2 Å². The molecule has 0 amide bonds. The van der Waals surface area contributed by atoms with Crippen molar-refractivity contribution in [1.29, 1.82) is 0 Å². The summed E-state index contributed by atoms with van der Waals surface area (Å²) in [4.78, 5) is 23.0. The van der Waals surface area contributed by atoms with E-state index in [4.69, 9.17) is 22.3 Å². The number of aromatic amines is 2. The standard InChI is InChI=1S/C25H23F3N6.C14H12ClFN4.C11H12F2N2/c1-13(2)20-12-31-34-23(9-22(33-25(20)34)15-6-17(27)11-29-10-15)30-5-4-18-14(3)32-24-19(18)7-16(26)8-21(24)28;1-8(2)11-7-18-20-13(15)4-12(19-14(11)20)9-3-10(16)6-17-5-9;1-6-8(2-3-14)9-4-7(12)5-10(13)11(9)15-6/h6-13,30,32H,4-5H2,1-3H3;3-8H,1-2H3;4-5,15H,2-3,14H2,1H3. The highest BCUT2D eigenvalue weighted by Crippen LogP contribution is 2.31. The van der Waals surface area contributed by atoms with Crippen molar-refractivity contribution >= 4 is 50.5 Å². The van der Waals surface area contributed by atoms with Crippen molar-refractivity contribution in [2.75, 3.05) is 18.4 Å². The minimum Gasteiger partial charge on any atom is -0.370 e. The Labute approximate surface area is 397 Å². The van der Waals surface area contributed by atoms with Gasteiger partial charge in [0, 0.05) is 87.6 Å². The van der Waals surface area contributed by atoms with Gasteiger partial charge >= 0.3 is 0 Å². The molecule has 0 atom stereocenters. The molecule has 0 saturated carbocycles.